The fraction of sp³-hybridized carbons (Fsp3) is 0.143. The highest BCUT2D eigenvalue weighted by Crippen LogP contribution is 2.14. The summed E-state index contributed by atoms with van der Waals surface area (Å²) in [4.78, 5) is 14.6. The van der Waals surface area contributed by atoms with E-state index >= 15 is 0 Å². The molecule has 1 heterocycles. The first-order valence-electron chi connectivity index (χ1n) is 3.24. The van der Waals surface area contributed by atoms with Crippen molar-refractivity contribution in [3.63, 3.8) is 0 Å². The van der Waals surface area contributed by atoms with Gasteiger partial charge < -0.3 is 0 Å². The lowest BCUT2D eigenvalue weighted by atomic mass is 10.5. The van der Waals surface area contributed by atoms with Crippen LogP contribution in [0.25, 0.3) is 0 Å². The third-order valence-corrected chi connectivity index (χ3v) is 2.26. The smallest absolute Gasteiger partial charge is 0.226 e. The zero-order valence-corrected chi connectivity index (χ0v) is 8.78. The van der Waals surface area contributed by atoms with E-state index in [1.807, 2.05) is 18.2 Å². The largest absolute Gasteiger partial charge is 0.295 e. The predicted molar refractivity (Wildman–Crippen MR) is 51.6 cm³/mol. The molecule has 0 aliphatic carbocycles. The highest BCUT2D eigenvalue weighted by Gasteiger charge is 1.96. The maximum Gasteiger partial charge on any atom is 0.226 e. The predicted octanol–water partition coefficient (Wildman–Crippen LogP) is 1.99. The quantitative estimate of drug-likeness (QED) is 0.641. The lowest BCUT2D eigenvalue weighted by Crippen LogP contribution is -2.10. The highest BCUT2D eigenvalue weighted by atomic mass is 79.9. The highest BCUT2D eigenvalue weighted by molar-refractivity contribution is 9.10. The number of amides is 1. The van der Waals surface area contributed by atoms with E-state index in [1.54, 1.807) is 0 Å². The van der Waals surface area contributed by atoms with Crippen LogP contribution in [0.15, 0.2) is 27.8 Å². The summed E-state index contributed by atoms with van der Waals surface area (Å²) < 4.78 is 3.35. The van der Waals surface area contributed by atoms with Gasteiger partial charge in [-0.2, -0.15) is 0 Å². The average Bonchev–Trinajstić information content (AvgIpc) is 2.01. The van der Waals surface area contributed by atoms with E-state index in [1.165, 1.54) is 18.9 Å². The average molecular weight is 247 g/mol. The molecular weight excluding hydrogens is 240 g/mol. The molecule has 1 N–H and O–H groups in total. The molecular formula is C7H7BrN2OS. The molecule has 12 heavy (non-hydrogen) atoms. The molecule has 0 spiro atoms. The van der Waals surface area contributed by atoms with Crippen molar-refractivity contribution < 1.29 is 4.79 Å². The molecule has 0 atom stereocenters. The molecule has 1 aromatic rings. The van der Waals surface area contributed by atoms with E-state index in [4.69, 9.17) is 0 Å². The van der Waals surface area contributed by atoms with Gasteiger partial charge in [0.2, 0.25) is 5.91 Å². The molecule has 0 aliphatic heterocycles. The molecule has 0 aliphatic rings. The van der Waals surface area contributed by atoms with Gasteiger partial charge in [-0.15, -0.1) is 0 Å². The Hall–Kier alpha value is -0.550. The number of hydrogen-bond donors (Lipinski definition) is 1. The molecule has 64 valence electrons. The van der Waals surface area contributed by atoms with Gasteiger partial charge in [-0.1, -0.05) is 6.07 Å². The van der Waals surface area contributed by atoms with Crippen LogP contribution in [0.4, 0.5) is 0 Å². The molecule has 0 fully saturated rings. The molecule has 0 bridgehead atoms. The Morgan fingerprint density at radius 1 is 1.67 bits per heavy atom. The fourth-order valence-electron chi connectivity index (χ4n) is 0.571. The Bertz CT molecular complexity index is 292. The molecule has 0 unspecified atom stereocenters. The summed E-state index contributed by atoms with van der Waals surface area (Å²) in [7, 11) is 0. The Morgan fingerprint density at radius 2 is 2.42 bits per heavy atom. The first-order chi connectivity index (χ1) is 5.68. The van der Waals surface area contributed by atoms with E-state index in [0.29, 0.717) is 0 Å². The molecule has 1 rings (SSSR count). The van der Waals surface area contributed by atoms with Crippen LogP contribution in [0.2, 0.25) is 0 Å². The van der Waals surface area contributed by atoms with Gasteiger partial charge in [0, 0.05) is 18.9 Å². The number of carbonyl (C=O) groups excluding carboxylic acids is 1. The number of halogens is 1. The van der Waals surface area contributed by atoms with Crippen LogP contribution in [0.3, 0.4) is 0 Å². The lowest BCUT2D eigenvalue weighted by Gasteiger charge is -1.99. The number of aromatic nitrogens is 1. The van der Waals surface area contributed by atoms with Gasteiger partial charge in [-0.25, -0.2) is 4.98 Å². The lowest BCUT2D eigenvalue weighted by molar-refractivity contribution is -0.117. The molecule has 0 radical (unpaired) electrons. The van der Waals surface area contributed by atoms with Crippen LogP contribution < -0.4 is 4.72 Å². The van der Waals surface area contributed by atoms with Crippen molar-refractivity contribution in [1.82, 2.24) is 9.71 Å². The standard InChI is InChI=1S/C7H7BrN2OS/c1-5(11)10-12-7-4-2-3-6(8)9-7/h2-4H,1H3,(H,10,11). The van der Waals surface area contributed by atoms with Crippen LogP contribution in [-0.4, -0.2) is 10.9 Å². The summed E-state index contributed by atoms with van der Waals surface area (Å²) >= 11 is 4.43. The molecule has 0 saturated carbocycles. The van der Waals surface area contributed by atoms with Crippen LogP contribution >= 0.6 is 27.9 Å². The Kier molecular flexibility index (Phi) is 3.55. The molecule has 5 heteroatoms. The third kappa shape index (κ3) is 3.23. The second-order valence-electron chi connectivity index (χ2n) is 2.06. The van der Waals surface area contributed by atoms with E-state index in [-0.39, 0.29) is 5.91 Å². The molecule has 1 amide bonds. The minimum Gasteiger partial charge on any atom is -0.295 e. The fourth-order valence-corrected chi connectivity index (χ4v) is 1.57. The van der Waals surface area contributed by atoms with Crippen LogP contribution in [-0.2, 0) is 4.79 Å². The minimum atomic E-state index is -0.0817. The maximum atomic E-state index is 10.5. The first kappa shape index (κ1) is 9.54. The SMILES string of the molecule is CC(=O)NSc1cccc(Br)n1. The van der Waals surface area contributed by atoms with Crippen molar-refractivity contribution in [2.75, 3.05) is 0 Å². The van der Waals surface area contributed by atoms with Crippen molar-refractivity contribution in [3.05, 3.63) is 22.8 Å². The number of nitrogens with zero attached hydrogens (tertiary/aromatic N) is 1. The zero-order chi connectivity index (χ0) is 8.97. The third-order valence-electron chi connectivity index (χ3n) is 0.989. The van der Waals surface area contributed by atoms with E-state index in [2.05, 4.69) is 25.6 Å². The summed E-state index contributed by atoms with van der Waals surface area (Å²) in [5.74, 6) is -0.0817. The molecule has 0 saturated heterocycles. The topological polar surface area (TPSA) is 42.0 Å². The first-order valence-corrected chi connectivity index (χ1v) is 4.85. The summed E-state index contributed by atoms with van der Waals surface area (Å²) in [5, 5.41) is 0.763. The van der Waals surface area contributed by atoms with Gasteiger partial charge in [-0.05, 0) is 28.1 Å². The summed E-state index contributed by atoms with van der Waals surface area (Å²) in [6.07, 6.45) is 0. The normalized spacial score (nSPS) is 9.50. The monoisotopic (exact) mass is 246 g/mol. The van der Waals surface area contributed by atoms with Crippen molar-refractivity contribution in [2.24, 2.45) is 0 Å². The van der Waals surface area contributed by atoms with Crippen molar-refractivity contribution in [1.29, 1.82) is 0 Å². The molecule has 0 aromatic carbocycles. The van der Waals surface area contributed by atoms with Crippen molar-refractivity contribution >= 4 is 33.8 Å². The van der Waals surface area contributed by atoms with E-state index in [0.717, 1.165) is 9.63 Å². The summed E-state index contributed by atoms with van der Waals surface area (Å²) in [5.41, 5.74) is 0. The van der Waals surface area contributed by atoms with Gasteiger partial charge in [0.15, 0.2) is 0 Å². The summed E-state index contributed by atoms with van der Waals surface area (Å²) in [6, 6.07) is 5.52. The zero-order valence-electron chi connectivity index (χ0n) is 6.37. The van der Waals surface area contributed by atoms with Gasteiger partial charge in [0.1, 0.15) is 9.63 Å². The van der Waals surface area contributed by atoms with Gasteiger partial charge in [0.05, 0.1) is 0 Å². The second kappa shape index (κ2) is 4.47. The Morgan fingerprint density at radius 3 is 3.00 bits per heavy atom. The Labute approximate surface area is 83.2 Å². The van der Waals surface area contributed by atoms with E-state index < -0.39 is 0 Å². The molecule has 1 aromatic heterocycles. The number of rotatable bonds is 2. The number of nitrogens with one attached hydrogen (secondary N) is 1. The van der Waals surface area contributed by atoms with Gasteiger partial charge in [-0.3, -0.25) is 9.52 Å². The van der Waals surface area contributed by atoms with Gasteiger partial charge in [0.25, 0.3) is 0 Å². The van der Waals surface area contributed by atoms with Crippen LogP contribution in [0.1, 0.15) is 6.92 Å². The number of hydrogen-bond acceptors (Lipinski definition) is 3. The van der Waals surface area contributed by atoms with Crippen LogP contribution in [0.5, 0.6) is 0 Å². The number of pyridine rings is 1. The summed E-state index contributed by atoms with van der Waals surface area (Å²) in [6.45, 7) is 1.46. The Balaban J connectivity index is 2.57. The molecule has 3 nitrogen and oxygen atoms in total. The van der Waals surface area contributed by atoms with Crippen molar-refractivity contribution in [2.45, 2.75) is 11.9 Å². The van der Waals surface area contributed by atoms with Crippen molar-refractivity contribution in [3.8, 4) is 0 Å². The number of carbonyl (C=O) groups is 1. The van der Waals surface area contributed by atoms with Crippen LogP contribution in [0, 0.1) is 0 Å². The second-order valence-corrected chi connectivity index (χ2v) is 3.70. The maximum absolute atomic E-state index is 10.5. The minimum absolute atomic E-state index is 0.0817. The van der Waals surface area contributed by atoms with Gasteiger partial charge >= 0.3 is 0 Å². The van der Waals surface area contributed by atoms with E-state index in [9.17, 15) is 4.79 Å².